The van der Waals surface area contributed by atoms with Crippen LogP contribution < -0.4 is 19.7 Å². The first-order chi connectivity index (χ1) is 32.4. The van der Waals surface area contributed by atoms with Gasteiger partial charge in [-0.05, 0) is 110 Å². The number of nitro groups is 1. The highest BCUT2D eigenvalue weighted by molar-refractivity contribution is 7.90. The summed E-state index contributed by atoms with van der Waals surface area (Å²) < 4.78 is 37.6. The van der Waals surface area contributed by atoms with Gasteiger partial charge < -0.3 is 19.9 Å². The molecule has 1 unspecified atom stereocenters. The number of amides is 1. The lowest BCUT2D eigenvalue weighted by Gasteiger charge is -2.56. The number of anilines is 2. The first-order valence-electron chi connectivity index (χ1n) is 23.2. The number of carbonyl (C=O) groups is 1. The van der Waals surface area contributed by atoms with Crippen LogP contribution in [0.5, 0.6) is 5.88 Å². The third-order valence-electron chi connectivity index (χ3n) is 14.5. The summed E-state index contributed by atoms with van der Waals surface area (Å²) in [4.78, 5) is 43.1. The Labute approximate surface area is 387 Å². The SMILES string of the molecule is CC(C)c1ccccc1C1CCCN1C1CC2(CCN(c3ccc(C(=O)NS(=O)(=O)c4cc([N+](=O)[O-])c5c(n4)OC[C@H](Cc4ccccc4)N5)c(-n4ncc5nc6[nH]ccc6cc54)c3)CC2)C1. The van der Waals surface area contributed by atoms with Crippen molar-refractivity contribution in [3.05, 3.63) is 136 Å². The highest BCUT2D eigenvalue weighted by atomic mass is 32.2. The summed E-state index contributed by atoms with van der Waals surface area (Å²) in [7, 11) is -4.77. The molecular formula is C50H52N10O6S. The Morgan fingerprint density at radius 3 is 2.57 bits per heavy atom. The number of ether oxygens (including phenoxy) is 1. The van der Waals surface area contributed by atoms with Crippen molar-refractivity contribution in [1.82, 2.24) is 34.4 Å². The quantitative estimate of drug-likeness (QED) is 0.0830. The van der Waals surface area contributed by atoms with E-state index < -0.39 is 31.6 Å². The van der Waals surface area contributed by atoms with Crippen LogP contribution in [-0.2, 0) is 16.4 Å². The molecule has 3 N–H and O–H groups in total. The first kappa shape index (κ1) is 42.8. The van der Waals surface area contributed by atoms with Crippen molar-refractivity contribution in [2.75, 3.05) is 36.5 Å². The van der Waals surface area contributed by atoms with Crippen LogP contribution in [-0.4, -0.2) is 87.2 Å². The van der Waals surface area contributed by atoms with Gasteiger partial charge in [0.2, 0.25) is 5.88 Å². The molecule has 16 nitrogen and oxygen atoms in total. The van der Waals surface area contributed by atoms with Crippen molar-refractivity contribution < 1.29 is 22.9 Å². The number of H-pyrrole nitrogens is 1. The number of nitrogens with one attached hydrogen (secondary N) is 3. The largest absolute Gasteiger partial charge is 0.474 e. The molecule has 1 amide bonds. The number of carbonyl (C=O) groups excluding carboxylic acids is 1. The third-order valence-corrected chi connectivity index (χ3v) is 15.7. The van der Waals surface area contributed by atoms with Crippen molar-refractivity contribution in [3.63, 3.8) is 0 Å². The van der Waals surface area contributed by atoms with Gasteiger partial charge >= 0.3 is 5.69 Å². The fraction of sp³-hybridized carbons (Fsp3) is 0.360. The average molecular weight is 921 g/mol. The molecule has 0 radical (unpaired) electrons. The number of nitrogens with zero attached hydrogens (tertiary/aromatic N) is 7. The number of sulfonamides is 1. The second kappa shape index (κ2) is 16.8. The van der Waals surface area contributed by atoms with E-state index in [0.717, 1.165) is 55.2 Å². The Morgan fingerprint density at radius 2 is 1.78 bits per heavy atom. The van der Waals surface area contributed by atoms with Crippen LogP contribution in [0.1, 0.15) is 91.4 Å². The Bertz CT molecular complexity index is 3160. The van der Waals surface area contributed by atoms with Gasteiger partial charge in [-0.25, -0.2) is 14.4 Å². The zero-order chi connectivity index (χ0) is 46.0. The van der Waals surface area contributed by atoms with Crippen LogP contribution in [0.2, 0.25) is 0 Å². The van der Waals surface area contributed by atoms with Gasteiger partial charge in [0.1, 0.15) is 17.8 Å². The molecule has 2 atom stereocenters. The second-order valence-electron chi connectivity index (χ2n) is 19.0. The van der Waals surface area contributed by atoms with Gasteiger partial charge in [0.15, 0.2) is 10.7 Å². The maximum absolute atomic E-state index is 14.3. The number of aromatic nitrogens is 5. The molecule has 0 bridgehead atoms. The first-order valence-corrected chi connectivity index (χ1v) is 24.7. The summed E-state index contributed by atoms with van der Waals surface area (Å²) in [6.45, 7) is 7.48. The van der Waals surface area contributed by atoms with Crippen LogP contribution in [0.25, 0.3) is 27.8 Å². The van der Waals surface area contributed by atoms with Crippen molar-refractivity contribution in [1.29, 1.82) is 0 Å². The molecule has 3 fully saturated rings. The lowest BCUT2D eigenvalue weighted by Crippen LogP contribution is -2.55. The third kappa shape index (κ3) is 7.92. The van der Waals surface area contributed by atoms with Crippen LogP contribution in [0.3, 0.4) is 0 Å². The highest BCUT2D eigenvalue weighted by Gasteiger charge is 2.50. The molecule has 1 saturated carbocycles. The summed E-state index contributed by atoms with van der Waals surface area (Å²) in [5.41, 5.74) is 6.82. The van der Waals surface area contributed by atoms with Gasteiger partial charge in [0.05, 0.1) is 40.0 Å². The Kier molecular flexibility index (Phi) is 10.7. The molecule has 4 aromatic heterocycles. The summed E-state index contributed by atoms with van der Waals surface area (Å²) in [5, 5.41) is 20.3. The Balaban J connectivity index is 0.846. The van der Waals surface area contributed by atoms with Crippen LogP contribution in [0, 0.1) is 15.5 Å². The molecule has 4 aliphatic rings. The normalized spacial score (nSPS) is 19.6. The monoisotopic (exact) mass is 920 g/mol. The van der Waals surface area contributed by atoms with Gasteiger partial charge in [0, 0.05) is 42.4 Å². The van der Waals surface area contributed by atoms with Crippen LogP contribution in [0.15, 0.2) is 108 Å². The summed E-state index contributed by atoms with van der Waals surface area (Å²) in [6.07, 6.45) is 10.8. The number of aromatic amines is 1. The highest BCUT2D eigenvalue weighted by Crippen LogP contribution is 2.54. The molecule has 3 aromatic carbocycles. The predicted octanol–water partition coefficient (Wildman–Crippen LogP) is 8.45. The minimum absolute atomic E-state index is 0.0233. The number of rotatable bonds is 11. The zero-order valence-electron chi connectivity index (χ0n) is 37.4. The average Bonchev–Trinajstić information content (AvgIpc) is 4.10. The van der Waals surface area contributed by atoms with Gasteiger partial charge in [-0.1, -0.05) is 68.4 Å². The number of hydrogen-bond acceptors (Lipinski definition) is 12. The fourth-order valence-corrected chi connectivity index (χ4v) is 12.0. The van der Waals surface area contributed by atoms with E-state index in [-0.39, 0.29) is 29.8 Å². The summed E-state index contributed by atoms with van der Waals surface area (Å²) in [6, 6.07) is 29.3. The molecular weight excluding hydrogens is 869 g/mol. The van der Waals surface area contributed by atoms with Crippen LogP contribution >= 0.6 is 0 Å². The van der Waals surface area contributed by atoms with Crippen molar-refractivity contribution in [2.24, 2.45) is 5.41 Å². The summed E-state index contributed by atoms with van der Waals surface area (Å²) in [5.74, 6) is -0.710. The molecule has 67 heavy (non-hydrogen) atoms. The van der Waals surface area contributed by atoms with E-state index >= 15 is 0 Å². The number of piperidine rings is 1. The molecule has 2 saturated heterocycles. The van der Waals surface area contributed by atoms with Crippen molar-refractivity contribution in [2.45, 2.75) is 87.9 Å². The number of pyridine rings is 2. The fourth-order valence-electron chi connectivity index (χ4n) is 11.1. The second-order valence-corrected chi connectivity index (χ2v) is 20.6. The summed E-state index contributed by atoms with van der Waals surface area (Å²) >= 11 is 0. The molecule has 1 aliphatic carbocycles. The van der Waals surface area contributed by atoms with Gasteiger partial charge in [0.25, 0.3) is 15.9 Å². The van der Waals surface area contributed by atoms with Gasteiger partial charge in [-0.15, -0.1) is 0 Å². The van der Waals surface area contributed by atoms with Crippen LogP contribution in [0.4, 0.5) is 17.1 Å². The molecule has 7 aromatic rings. The standard InChI is InChI=1S/C50H52N10O6S/c1-31(2)37-11-6-7-12-38(37)41-13-8-20-58(41)36-27-50(28-36)17-21-57(22-18-50)35-14-15-39(42(25-35)59-43-24-33-16-19-51-47(33)54-40(43)29-52-59)48(61)56-67(64,65)45-26-44(60(62)63)46-49(55-45)66-30-34(53-46)23-32-9-4-3-5-10-32/h3-7,9-12,14-16,19,24-26,29,31,34,36,41,53H,8,13,17-18,20-23,27-28,30H2,1-2H3,(H,51,54)(H,56,61)/t34-,41?/m0/s1. The van der Waals surface area contributed by atoms with E-state index in [2.05, 4.69) is 73.0 Å². The Morgan fingerprint density at radius 1 is 0.985 bits per heavy atom. The van der Waals surface area contributed by atoms with E-state index in [1.54, 1.807) is 23.1 Å². The maximum atomic E-state index is 14.3. The van der Waals surface area contributed by atoms with Crippen molar-refractivity contribution >= 4 is 55.1 Å². The smallest absolute Gasteiger partial charge is 0.300 e. The number of hydrogen-bond donors (Lipinski definition) is 3. The van der Waals surface area contributed by atoms with E-state index in [0.29, 0.717) is 52.2 Å². The van der Waals surface area contributed by atoms with E-state index in [4.69, 9.17) is 9.72 Å². The number of likely N-dealkylation sites (tertiary alicyclic amines) is 1. The van der Waals surface area contributed by atoms with Gasteiger partial charge in [-0.2, -0.15) is 18.5 Å². The Hall–Kier alpha value is -6.85. The molecule has 344 valence electrons. The van der Waals surface area contributed by atoms with E-state index in [1.807, 2.05) is 54.6 Å². The zero-order valence-corrected chi connectivity index (χ0v) is 38.2. The van der Waals surface area contributed by atoms with Crippen molar-refractivity contribution in [3.8, 4) is 11.6 Å². The lowest BCUT2D eigenvalue weighted by molar-refractivity contribution is -0.384. The van der Waals surface area contributed by atoms with E-state index in [1.165, 1.54) is 36.8 Å². The molecule has 1 spiro atoms. The maximum Gasteiger partial charge on any atom is 0.300 e. The number of fused-ring (bicyclic) bond motifs is 3. The molecule has 11 rings (SSSR count). The van der Waals surface area contributed by atoms with Gasteiger partial charge in [-0.3, -0.25) is 19.8 Å². The van der Waals surface area contributed by atoms with E-state index in [9.17, 15) is 23.3 Å². The molecule has 17 heteroatoms. The predicted molar refractivity (Wildman–Crippen MR) is 255 cm³/mol. The minimum Gasteiger partial charge on any atom is -0.474 e. The minimum atomic E-state index is -4.77. The number of benzene rings is 3. The lowest BCUT2D eigenvalue weighted by atomic mass is 9.59. The molecule has 3 aliphatic heterocycles. The molecule has 7 heterocycles. The topological polar surface area (TPSA) is 194 Å².